The van der Waals surface area contributed by atoms with Crippen molar-refractivity contribution >= 4 is 10.9 Å². The topological polar surface area (TPSA) is 86.4 Å². The number of benzene rings is 5. The Morgan fingerprint density at radius 1 is 0.622 bits per heavy atom. The van der Waals surface area contributed by atoms with Gasteiger partial charge in [0.05, 0.1) is 5.69 Å². The number of aromatic nitrogens is 1. The van der Waals surface area contributed by atoms with Crippen molar-refractivity contribution < 1.29 is 49.2 Å². The quantitative estimate of drug-likeness (QED) is 0.181. The molecule has 6 aromatic rings. The van der Waals surface area contributed by atoms with E-state index in [-0.39, 0.29) is 41.6 Å². The molecule has 0 aliphatic carbocycles. The third kappa shape index (κ3) is 8.16. The molecule has 0 atom stereocenters. The molecule has 0 aliphatic heterocycles. The molecule has 0 unspecified atom stereocenters. The van der Waals surface area contributed by atoms with Crippen LogP contribution in [0.25, 0.3) is 22.2 Å². The van der Waals surface area contributed by atoms with Crippen molar-refractivity contribution in [1.82, 2.24) is 4.57 Å². The Kier molecular flexibility index (Phi) is 11.9. The first-order valence-electron chi connectivity index (χ1n) is 14.3. The summed E-state index contributed by atoms with van der Waals surface area (Å²) in [7, 11) is 0. The predicted molar refractivity (Wildman–Crippen MR) is 172 cm³/mol. The van der Waals surface area contributed by atoms with Gasteiger partial charge in [-0.15, -0.1) is 0 Å². The molecule has 1 N–H and O–H groups in total. The fourth-order valence-corrected chi connectivity index (χ4v) is 5.31. The van der Waals surface area contributed by atoms with Gasteiger partial charge < -0.3 is 24.3 Å². The van der Waals surface area contributed by atoms with E-state index in [4.69, 9.17) is 19.5 Å². The average Bonchev–Trinajstić information content (AvgIpc) is 3.33. The maximum atomic E-state index is 8.83. The summed E-state index contributed by atoms with van der Waals surface area (Å²) in [5.41, 5.74) is 7.98. The van der Waals surface area contributed by atoms with Gasteiger partial charge in [0, 0.05) is 17.4 Å². The summed E-state index contributed by atoms with van der Waals surface area (Å²) in [6.07, 6.45) is 0. The van der Waals surface area contributed by atoms with Gasteiger partial charge in [-0.3, -0.25) is 0 Å². The maximum Gasteiger partial charge on any atom is 1.00 e. The van der Waals surface area contributed by atoms with Crippen molar-refractivity contribution in [2.75, 3.05) is 6.61 Å². The van der Waals surface area contributed by atoms with Crippen LogP contribution in [0.1, 0.15) is 22.3 Å². The number of nitrogens with zero attached hydrogens (tertiary/aromatic N) is 2. The number of aryl methyl sites for hydroxylation is 1. The van der Waals surface area contributed by atoms with Crippen LogP contribution in [-0.4, -0.2) is 16.7 Å². The van der Waals surface area contributed by atoms with Gasteiger partial charge in [-0.1, -0.05) is 72.8 Å². The molecule has 1 heterocycles. The van der Waals surface area contributed by atoms with Crippen molar-refractivity contribution in [1.29, 1.82) is 5.26 Å². The molecule has 1 aromatic heterocycles. The molecule has 45 heavy (non-hydrogen) atoms. The molecule has 220 valence electrons. The first kappa shape index (κ1) is 33.4. The van der Waals surface area contributed by atoms with E-state index < -0.39 is 0 Å². The molecule has 0 fully saturated rings. The second kappa shape index (κ2) is 16.0. The largest absolute Gasteiger partial charge is 1.00 e. The van der Waals surface area contributed by atoms with Crippen LogP contribution < -0.4 is 43.8 Å². The monoisotopic (exact) mass is 604 g/mol. The number of ether oxygens (including phenoxy) is 3. The normalized spacial score (nSPS) is 10.3. The van der Waals surface area contributed by atoms with E-state index in [1.54, 1.807) is 0 Å². The van der Waals surface area contributed by atoms with Crippen LogP contribution in [0.4, 0.5) is 0 Å². The van der Waals surface area contributed by atoms with E-state index in [1.807, 2.05) is 72.8 Å². The van der Waals surface area contributed by atoms with Gasteiger partial charge in [-0.25, -0.2) is 0 Å². The number of hydrogen-bond donors (Lipinski definition) is 0. The molecule has 0 radical (unpaired) electrons. The molecule has 0 amide bonds. The van der Waals surface area contributed by atoms with Gasteiger partial charge in [0.1, 0.15) is 36.5 Å². The Bertz CT molecular complexity index is 1850. The fraction of sp³-hybridized carbons (Fsp3) is 0.132. The van der Waals surface area contributed by atoms with Gasteiger partial charge in [0.25, 0.3) is 0 Å². The molecule has 0 bridgehead atoms. The summed E-state index contributed by atoms with van der Waals surface area (Å²) in [5, 5.41) is 9.99. The molecule has 7 heteroatoms. The van der Waals surface area contributed by atoms with Crippen LogP contribution in [-0.2, 0) is 19.8 Å². The minimum Gasteiger partial charge on any atom is -0.870 e. The van der Waals surface area contributed by atoms with Crippen LogP contribution in [0, 0.1) is 18.3 Å². The second-order valence-corrected chi connectivity index (χ2v) is 10.4. The van der Waals surface area contributed by atoms with Gasteiger partial charge in [0.15, 0.2) is 6.61 Å². The van der Waals surface area contributed by atoms with E-state index in [9.17, 15) is 0 Å². The molecule has 0 aliphatic rings. The summed E-state index contributed by atoms with van der Waals surface area (Å²) in [4.78, 5) is 0. The molecule has 6 rings (SSSR count). The van der Waals surface area contributed by atoms with Crippen molar-refractivity contribution in [3.8, 4) is 34.6 Å². The number of hydrogen-bond acceptors (Lipinski definition) is 5. The van der Waals surface area contributed by atoms with Crippen LogP contribution in [0.3, 0.4) is 0 Å². The SMILES string of the molecule is Cc1c(-c2ccc(OCc3ccccc3)cc2)n(Cc2ccc(OCC#N)cc2)c2ccc(OCc3ccccc3)cc12.[Na+].[OH-]. The summed E-state index contributed by atoms with van der Waals surface area (Å²) in [6.45, 7) is 3.93. The Morgan fingerprint density at radius 3 is 1.76 bits per heavy atom. The van der Waals surface area contributed by atoms with Crippen molar-refractivity contribution in [3.05, 3.63) is 150 Å². The van der Waals surface area contributed by atoms with E-state index in [1.165, 1.54) is 5.56 Å². The van der Waals surface area contributed by atoms with Gasteiger partial charge >= 0.3 is 29.6 Å². The standard InChI is InChI=1S/C38H32N2O3.Na.H2O/c1-28-36-24-35(43-27-31-10-6-3-7-11-31)20-21-37(36)40(25-29-12-16-33(17-13-29)41-23-22-39)38(28)32-14-18-34(19-15-32)42-26-30-8-4-2-5-9-30;;/h2-21,24H,23,25-27H2,1H3;;1H2/q;+1;/p-1. The predicted octanol–water partition coefficient (Wildman–Crippen LogP) is 5.55. The van der Waals surface area contributed by atoms with Crippen molar-refractivity contribution in [2.45, 2.75) is 26.7 Å². The second-order valence-electron chi connectivity index (χ2n) is 10.4. The minimum absolute atomic E-state index is 0. The third-order valence-electron chi connectivity index (χ3n) is 7.48. The Balaban J connectivity index is 0.00000230. The maximum absolute atomic E-state index is 8.83. The minimum atomic E-state index is 0. The van der Waals surface area contributed by atoms with Crippen LogP contribution in [0.15, 0.2) is 127 Å². The summed E-state index contributed by atoms with van der Waals surface area (Å²) >= 11 is 0. The third-order valence-corrected chi connectivity index (χ3v) is 7.48. The number of nitriles is 1. The Morgan fingerprint density at radius 2 is 1.16 bits per heavy atom. The molecular weight excluding hydrogens is 571 g/mol. The number of fused-ring (bicyclic) bond motifs is 1. The van der Waals surface area contributed by atoms with Gasteiger partial charge in [0.2, 0.25) is 0 Å². The summed E-state index contributed by atoms with van der Waals surface area (Å²) in [5.74, 6) is 2.36. The summed E-state index contributed by atoms with van der Waals surface area (Å²) in [6, 6.07) is 45.0. The number of rotatable bonds is 11. The fourth-order valence-electron chi connectivity index (χ4n) is 5.31. The molecule has 0 saturated heterocycles. The molecule has 0 saturated carbocycles. The molecular formula is C38H33N2NaO4. The van der Waals surface area contributed by atoms with E-state index in [2.05, 4.69) is 72.2 Å². The first-order chi connectivity index (χ1) is 21.2. The van der Waals surface area contributed by atoms with E-state index in [0.717, 1.165) is 50.3 Å². The van der Waals surface area contributed by atoms with Gasteiger partial charge in [-0.05, 0) is 89.3 Å². The smallest absolute Gasteiger partial charge is 0.870 e. The molecule has 5 aromatic carbocycles. The average molecular weight is 605 g/mol. The molecule has 0 spiro atoms. The van der Waals surface area contributed by atoms with Crippen molar-refractivity contribution in [3.63, 3.8) is 0 Å². The molecule has 6 nitrogen and oxygen atoms in total. The van der Waals surface area contributed by atoms with Crippen LogP contribution in [0.5, 0.6) is 17.2 Å². The Hall–Kier alpha value is -4.51. The van der Waals surface area contributed by atoms with E-state index in [0.29, 0.717) is 25.5 Å². The zero-order valence-corrected chi connectivity index (χ0v) is 27.5. The van der Waals surface area contributed by atoms with Crippen LogP contribution in [0.2, 0.25) is 0 Å². The Labute approximate surface area is 286 Å². The van der Waals surface area contributed by atoms with Crippen molar-refractivity contribution in [2.24, 2.45) is 0 Å². The zero-order valence-electron chi connectivity index (χ0n) is 25.5. The first-order valence-corrected chi connectivity index (χ1v) is 14.3. The zero-order chi connectivity index (χ0) is 29.4. The van der Waals surface area contributed by atoms with Crippen LogP contribution >= 0.6 is 0 Å². The summed E-state index contributed by atoms with van der Waals surface area (Å²) < 4.78 is 20.1. The van der Waals surface area contributed by atoms with E-state index >= 15 is 0 Å². The van der Waals surface area contributed by atoms with Gasteiger partial charge in [-0.2, -0.15) is 5.26 Å².